The van der Waals surface area contributed by atoms with E-state index in [9.17, 15) is 4.79 Å². The van der Waals surface area contributed by atoms with E-state index in [4.69, 9.17) is 0 Å². The summed E-state index contributed by atoms with van der Waals surface area (Å²) >= 11 is 0. The molecule has 1 aromatic heterocycles. The first-order chi connectivity index (χ1) is 5.70. The molecule has 3 nitrogen and oxygen atoms in total. The van der Waals surface area contributed by atoms with Crippen LogP contribution in [0.25, 0.3) is 0 Å². The van der Waals surface area contributed by atoms with E-state index >= 15 is 0 Å². The molecule has 0 spiro atoms. The van der Waals surface area contributed by atoms with Crippen molar-refractivity contribution in [1.82, 2.24) is 10.2 Å². The highest BCUT2D eigenvalue weighted by molar-refractivity contribution is 5.94. The molecule has 0 saturated heterocycles. The quantitative estimate of drug-likeness (QED) is 0.677. The minimum atomic E-state index is 0.0706. The van der Waals surface area contributed by atoms with Crippen molar-refractivity contribution in [2.75, 3.05) is 0 Å². The number of aromatic amines is 1. The van der Waals surface area contributed by atoms with E-state index in [0.717, 1.165) is 11.3 Å². The van der Waals surface area contributed by atoms with Crippen molar-refractivity contribution in [2.24, 2.45) is 0 Å². The van der Waals surface area contributed by atoms with Gasteiger partial charge in [0.15, 0.2) is 5.78 Å². The lowest BCUT2D eigenvalue weighted by Gasteiger charge is -1.96. The summed E-state index contributed by atoms with van der Waals surface area (Å²) in [5.41, 5.74) is 2.86. The Morgan fingerprint density at radius 2 is 2.25 bits per heavy atom. The number of rotatable bonds is 2. The maximum atomic E-state index is 11.1. The fraction of sp³-hybridized carbons (Fsp3) is 0.556. The van der Waals surface area contributed by atoms with E-state index in [1.54, 1.807) is 6.92 Å². The van der Waals surface area contributed by atoms with Crippen LogP contribution in [-0.4, -0.2) is 16.0 Å². The minimum Gasteiger partial charge on any atom is -0.293 e. The Morgan fingerprint density at radius 1 is 1.58 bits per heavy atom. The van der Waals surface area contributed by atoms with Crippen molar-refractivity contribution in [3.8, 4) is 0 Å². The number of hydrogen-bond acceptors (Lipinski definition) is 2. The fourth-order valence-corrected chi connectivity index (χ4v) is 1.58. The molecule has 0 radical (unpaired) electrons. The Bertz CT molecular complexity index is 323. The average molecular weight is 164 g/mol. The molecule has 1 heterocycles. The van der Waals surface area contributed by atoms with Crippen LogP contribution in [0, 0.1) is 6.92 Å². The summed E-state index contributed by atoms with van der Waals surface area (Å²) in [6.45, 7) is 3.55. The Hall–Kier alpha value is -1.12. The summed E-state index contributed by atoms with van der Waals surface area (Å²) in [4.78, 5) is 11.1. The van der Waals surface area contributed by atoms with Crippen molar-refractivity contribution in [2.45, 2.75) is 32.6 Å². The normalized spacial score (nSPS) is 16.5. The molecule has 0 amide bonds. The van der Waals surface area contributed by atoms with Crippen LogP contribution in [0.2, 0.25) is 0 Å². The van der Waals surface area contributed by atoms with Crippen molar-refractivity contribution in [1.29, 1.82) is 0 Å². The van der Waals surface area contributed by atoms with Crippen LogP contribution in [0.3, 0.4) is 0 Å². The van der Waals surface area contributed by atoms with Gasteiger partial charge in [-0.05, 0) is 25.7 Å². The topological polar surface area (TPSA) is 45.8 Å². The average Bonchev–Trinajstić information content (AvgIpc) is 2.75. The maximum absolute atomic E-state index is 11.1. The van der Waals surface area contributed by atoms with E-state index in [2.05, 4.69) is 10.2 Å². The van der Waals surface area contributed by atoms with E-state index in [0.29, 0.717) is 11.6 Å². The standard InChI is InChI=1S/C9H12N2O/c1-5-8(7-3-4-7)9(6(2)12)11-10-5/h7H,3-4H2,1-2H3,(H,10,11). The third kappa shape index (κ3) is 1.05. The molecule has 2 rings (SSSR count). The molecule has 12 heavy (non-hydrogen) atoms. The highest BCUT2D eigenvalue weighted by Gasteiger charge is 2.30. The van der Waals surface area contributed by atoms with Gasteiger partial charge in [-0.25, -0.2) is 0 Å². The lowest BCUT2D eigenvalue weighted by Crippen LogP contribution is -1.97. The molecular weight excluding hydrogens is 152 g/mol. The molecule has 0 aromatic carbocycles. The van der Waals surface area contributed by atoms with Gasteiger partial charge in [0.25, 0.3) is 0 Å². The third-order valence-corrected chi connectivity index (χ3v) is 2.31. The molecule has 3 heteroatoms. The molecule has 0 aliphatic heterocycles. The van der Waals surface area contributed by atoms with E-state index in [-0.39, 0.29) is 5.78 Å². The number of carbonyl (C=O) groups excluding carboxylic acids is 1. The second-order valence-electron chi connectivity index (χ2n) is 3.44. The SMILES string of the molecule is CC(=O)c1n[nH]c(C)c1C1CC1. The van der Waals surface area contributed by atoms with Gasteiger partial charge in [-0.15, -0.1) is 0 Å². The Balaban J connectivity index is 2.46. The highest BCUT2D eigenvalue weighted by atomic mass is 16.1. The van der Waals surface area contributed by atoms with Crippen molar-refractivity contribution < 1.29 is 4.79 Å². The van der Waals surface area contributed by atoms with E-state index in [1.165, 1.54) is 12.8 Å². The molecule has 64 valence electrons. The summed E-state index contributed by atoms with van der Waals surface area (Å²) in [7, 11) is 0. The van der Waals surface area contributed by atoms with Crippen LogP contribution in [0.15, 0.2) is 0 Å². The third-order valence-electron chi connectivity index (χ3n) is 2.31. The zero-order valence-electron chi connectivity index (χ0n) is 7.35. The van der Waals surface area contributed by atoms with Gasteiger partial charge in [-0.2, -0.15) is 5.10 Å². The lowest BCUT2D eigenvalue weighted by atomic mass is 10.1. The van der Waals surface area contributed by atoms with Crippen LogP contribution in [-0.2, 0) is 0 Å². The van der Waals surface area contributed by atoms with Gasteiger partial charge < -0.3 is 0 Å². The molecule has 1 aromatic rings. The largest absolute Gasteiger partial charge is 0.293 e. The van der Waals surface area contributed by atoms with Gasteiger partial charge in [0.1, 0.15) is 5.69 Å². The summed E-state index contributed by atoms with van der Waals surface area (Å²) < 4.78 is 0. The minimum absolute atomic E-state index is 0.0706. The number of aryl methyl sites for hydroxylation is 1. The van der Waals surface area contributed by atoms with Gasteiger partial charge >= 0.3 is 0 Å². The Kier molecular flexibility index (Phi) is 1.53. The Morgan fingerprint density at radius 3 is 2.75 bits per heavy atom. The molecule has 1 N–H and O–H groups in total. The second-order valence-corrected chi connectivity index (χ2v) is 3.44. The number of aromatic nitrogens is 2. The van der Waals surface area contributed by atoms with Gasteiger partial charge in [-0.3, -0.25) is 9.89 Å². The first kappa shape index (κ1) is 7.53. The molecule has 1 aliphatic rings. The number of nitrogens with zero attached hydrogens (tertiary/aromatic N) is 1. The highest BCUT2D eigenvalue weighted by Crippen LogP contribution is 2.42. The van der Waals surface area contributed by atoms with Crippen LogP contribution >= 0.6 is 0 Å². The Labute approximate surface area is 71.2 Å². The van der Waals surface area contributed by atoms with Crippen LogP contribution < -0.4 is 0 Å². The molecule has 1 fully saturated rings. The van der Waals surface area contributed by atoms with E-state index < -0.39 is 0 Å². The molecule has 0 bridgehead atoms. The first-order valence-electron chi connectivity index (χ1n) is 4.26. The van der Waals surface area contributed by atoms with Gasteiger partial charge in [-0.1, -0.05) is 0 Å². The van der Waals surface area contributed by atoms with Gasteiger partial charge in [0.2, 0.25) is 0 Å². The van der Waals surface area contributed by atoms with Gasteiger partial charge in [0, 0.05) is 18.2 Å². The number of H-pyrrole nitrogens is 1. The fourth-order valence-electron chi connectivity index (χ4n) is 1.58. The second kappa shape index (κ2) is 2.44. The molecule has 0 unspecified atom stereocenters. The number of ketones is 1. The monoisotopic (exact) mass is 164 g/mol. The van der Waals surface area contributed by atoms with Gasteiger partial charge in [0.05, 0.1) is 0 Å². The van der Waals surface area contributed by atoms with Crippen LogP contribution in [0.5, 0.6) is 0 Å². The number of hydrogen-bond donors (Lipinski definition) is 1. The number of carbonyl (C=O) groups is 1. The molecule has 0 atom stereocenters. The first-order valence-corrected chi connectivity index (χ1v) is 4.26. The van der Waals surface area contributed by atoms with Crippen LogP contribution in [0.4, 0.5) is 0 Å². The lowest BCUT2D eigenvalue weighted by molar-refractivity contribution is 0.101. The number of Topliss-reactive ketones (excluding diaryl/α,β-unsaturated/α-hetero) is 1. The summed E-state index contributed by atoms with van der Waals surface area (Å²) in [5, 5.41) is 6.87. The zero-order valence-corrected chi connectivity index (χ0v) is 7.35. The maximum Gasteiger partial charge on any atom is 0.180 e. The molecular formula is C9H12N2O. The van der Waals surface area contributed by atoms with E-state index in [1.807, 2.05) is 6.92 Å². The zero-order chi connectivity index (χ0) is 8.72. The summed E-state index contributed by atoms with van der Waals surface area (Å²) in [5.74, 6) is 0.670. The smallest absolute Gasteiger partial charge is 0.180 e. The van der Waals surface area contributed by atoms with Crippen molar-refractivity contribution in [3.63, 3.8) is 0 Å². The molecule has 1 saturated carbocycles. The van der Waals surface area contributed by atoms with Crippen molar-refractivity contribution >= 4 is 5.78 Å². The van der Waals surface area contributed by atoms with Crippen LogP contribution in [0.1, 0.15) is 47.4 Å². The predicted molar refractivity (Wildman–Crippen MR) is 45.3 cm³/mol. The number of nitrogens with one attached hydrogen (secondary N) is 1. The summed E-state index contributed by atoms with van der Waals surface area (Å²) in [6, 6.07) is 0. The van der Waals surface area contributed by atoms with Crippen molar-refractivity contribution in [3.05, 3.63) is 17.0 Å². The summed E-state index contributed by atoms with van der Waals surface area (Å²) in [6.07, 6.45) is 2.42. The molecule has 1 aliphatic carbocycles. The predicted octanol–water partition coefficient (Wildman–Crippen LogP) is 1.80.